The SMILES string of the molecule is Cc1cccc(C(NC(=O)c2cc3c([nH]c2=O)CC(C)(C)CC3=O)C(=O)O)c1C. The first-order chi connectivity index (χ1) is 13.5. The number of amides is 1. The van der Waals surface area contributed by atoms with Gasteiger partial charge in [0, 0.05) is 17.7 Å². The molecule has 1 aliphatic rings. The van der Waals surface area contributed by atoms with Crippen LogP contribution in [0.15, 0.2) is 29.1 Å². The van der Waals surface area contributed by atoms with Crippen LogP contribution in [0.2, 0.25) is 0 Å². The summed E-state index contributed by atoms with van der Waals surface area (Å²) < 4.78 is 0. The molecule has 0 bridgehead atoms. The van der Waals surface area contributed by atoms with Gasteiger partial charge in [-0.3, -0.25) is 14.4 Å². The van der Waals surface area contributed by atoms with Gasteiger partial charge in [0.1, 0.15) is 5.56 Å². The number of hydrogen-bond acceptors (Lipinski definition) is 4. The Kier molecular flexibility index (Phi) is 5.17. The fourth-order valence-electron chi connectivity index (χ4n) is 3.76. The monoisotopic (exact) mass is 396 g/mol. The summed E-state index contributed by atoms with van der Waals surface area (Å²) >= 11 is 0. The fourth-order valence-corrected chi connectivity index (χ4v) is 3.76. The van der Waals surface area contributed by atoms with Crippen LogP contribution in [-0.4, -0.2) is 27.8 Å². The number of fused-ring (bicyclic) bond motifs is 1. The van der Waals surface area contributed by atoms with Gasteiger partial charge in [-0.1, -0.05) is 32.0 Å². The van der Waals surface area contributed by atoms with Crippen LogP contribution < -0.4 is 10.9 Å². The first-order valence-corrected chi connectivity index (χ1v) is 9.39. The Morgan fingerprint density at radius 1 is 1.17 bits per heavy atom. The minimum Gasteiger partial charge on any atom is -0.479 e. The summed E-state index contributed by atoms with van der Waals surface area (Å²) in [6, 6.07) is 5.16. The molecule has 1 aromatic carbocycles. The van der Waals surface area contributed by atoms with Crippen molar-refractivity contribution in [2.45, 2.75) is 46.6 Å². The Morgan fingerprint density at radius 2 is 1.86 bits per heavy atom. The summed E-state index contributed by atoms with van der Waals surface area (Å²) in [7, 11) is 0. The molecule has 0 aliphatic heterocycles. The number of aromatic nitrogens is 1. The van der Waals surface area contributed by atoms with E-state index in [4.69, 9.17) is 0 Å². The maximum atomic E-state index is 12.8. The van der Waals surface area contributed by atoms with Crippen molar-refractivity contribution in [3.05, 3.63) is 68.1 Å². The number of pyridine rings is 1. The smallest absolute Gasteiger partial charge is 0.330 e. The van der Waals surface area contributed by atoms with Gasteiger partial charge in [-0.25, -0.2) is 4.79 Å². The summed E-state index contributed by atoms with van der Waals surface area (Å²) in [4.78, 5) is 52.2. The van der Waals surface area contributed by atoms with Crippen LogP contribution >= 0.6 is 0 Å². The number of carbonyl (C=O) groups is 3. The molecule has 3 rings (SSSR count). The molecule has 0 radical (unpaired) electrons. The van der Waals surface area contributed by atoms with Gasteiger partial charge in [0.2, 0.25) is 0 Å². The number of hydrogen-bond donors (Lipinski definition) is 3. The lowest BCUT2D eigenvalue weighted by Gasteiger charge is -2.29. The quantitative estimate of drug-likeness (QED) is 0.735. The van der Waals surface area contributed by atoms with Gasteiger partial charge >= 0.3 is 5.97 Å². The van der Waals surface area contributed by atoms with Crippen molar-refractivity contribution < 1.29 is 19.5 Å². The maximum absolute atomic E-state index is 12.8. The van der Waals surface area contributed by atoms with Crippen molar-refractivity contribution in [1.82, 2.24) is 10.3 Å². The lowest BCUT2D eigenvalue weighted by molar-refractivity contribution is -0.139. The van der Waals surface area contributed by atoms with Crippen LogP contribution in [-0.2, 0) is 11.2 Å². The molecule has 0 fully saturated rings. The Balaban J connectivity index is 1.97. The van der Waals surface area contributed by atoms with Crippen LogP contribution in [0.4, 0.5) is 0 Å². The van der Waals surface area contributed by atoms with E-state index in [0.29, 0.717) is 29.7 Å². The van der Waals surface area contributed by atoms with E-state index in [1.165, 1.54) is 6.07 Å². The number of aromatic amines is 1. The largest absolute Gasteiger partial charge is 0.479 e. The number of rotatable bonds is 4. The average Bonchev–Trinajstić information content (AvgIpc) is 2.60. The van der Waals surface area contributed by atoms with Crippen molar-refractivity contribution in [2.75, 3.05) is 0 Å². The molecule has 1 amide bonds. The number of Topliss-reactive ketones (excluding diaryl/α,β-unsaturated/α-hetero) is 1. The van der Waals surface area contributed by atoms with Gasteiger partial charge in [0.15, 0.2) is 11.8 Å². The van der Waals surface area contributed by atoms with Crippen LogP contribution in [0.3, 0.4) is 0 Å². The topological polar surface area (TPSA) is 116 Å². The normalized spacial score (nSPS) is 16.1. The first kappa shape index (κ1) is 20.5. The van der Waals surface area contributed by atoms with E-state index in [1.807, 2.05) is 26.8 Å². The van der Waals surface area contributed by atoms with Crippen molar-refractivity contribution in [2.24, 2.45) is 5.41 Å². The van der Waals surface area contributed by atoms with Crippen LogP contribution in [0.5, 0.6) is 0 Å². The number of aliphatic carboxylic acids is 1. The van der Waals surface area contributed by atoms with Crippen LogP contribution in [0, 0.1) is 19.3 Å². The van der Waals surface area contributed by atoms with Crippen molar-refractivity contribution in [1.29, 1.82) is 0 Å². The molecule has 2 aromatic rings. The van der Waals surface area contributed by atoms with E-state index >= 15 is 0 Å². The minimum atomic E-state index is -1.31. The minimum absolute atomic E-state index is 0.147. The zero-order valence-electron chi connectivity index (χ0n) is 16.9. The van der Waals surface area contributed by atoms with E-state index in [9.17, 15) is 24.3 Å². The highest BCUT2D eigenvalue weighted by molar-refractivity contribution is 6.02. The van der Waals surface area contributed by atoms with Gasteiger partial charge in [-0.15, -0.1) is 0 Å². The second-order valence-corrected chi connectivity index (χ2v) is 8.38. The van der Waals surface area contributed by atoms with Crippen molar-refractivity contribution in [3.8, 4) is 0 Å². The van der Waals surface area contributed by atoms with Gasteiger partial charge in [-0.05, 0) is 48.4 Å². The van der Waals surface area contributed by atoms with Gasteiger partial charge in [0.25, 0.3) is 11.5 Å². The highest BCUT2D eigenvalue weighted by atomic mass is 16.4. The van der Waals surface area contributed by atoms with Gasteiger partial charge < -0.3 is 15.4 Å². The number of ketones is 1. The average molecular weight is 396 g/mol. The van der Waals surface area contributed by atoms with E-state index in [-0.39, 0.29) is 16.8 Å². The predicted octanol–water partition coefficient (Wildman–Crippen LogP) is 2.70. The Bertz CT molecular complexity index is 1080. The molecular weight excluding hydrogens is 372 g/mol. The second kappa shape index (κ2) is 7.31. The third-order valence-electron chi connectivity index (χ3n) is 5.44. The standard InChI is InChI=1S/C22H24N2O5/c1-11-6-5-7-13(12(11)2)18(21(28)29)24-20(27)15-8-14-16(23-19(15)26)9-22(3,4)10-17(14)25/h5-8,18H,9-10H2,1-4H3,(H,23,26)(H,24,27)(H,28,29). The molecular formula is C22H24N2O5. The van der Waals surface area contributed by atoms with E-state index in [1.54, 1.807) is 19.1 Å². The molecule has 0 spiro atoms. The second-order valence-electron chi connectivity index (χ2n) is 8.38. The Morgan fingerprint density at radius 3 is 2.52 bits per heavy atom. The van der Waals surface area contributed by atoms with Crippen molar-refractivity contribution >= 4 is 17.7 Å². The molecule has 152 valence electrons. The molecule has 0 saturated heterocycles. The van der Waals surface area contributed by atoms with E-state index in [0.717, 1.165) is 11.1 Å². The summed E-state index contributed by atoms with van der Waals surface area (Å²) in [5.74, 6) is -2.22. The van der Waals surface area contributed by atoms with Gasteiger partial charge in [0.05, 0.1) is 0 Å². The third-order valence-corrected chi connectivity index (χ3v) is 5.44. The van der Waals surface area contributed by atoms with Crippen LogP contribution in [0.1, 0.15) is 69.4 Å². The molecule has 3 N–H and O–H groups in total. The number of carboxylic acid groups (broad SMARTS) is 1. The zero-order valence-corrected chi connectivity index (χ0v) is 16.9. The number of aryl methyl sites for hydroxylation is 1. The molecule has 1 aliphatic carbocycles. The molecule has 7 heteroatoms. The lowest BCUT2D eigenvalue weighted by atomic mass is 9.75. The van der Waals surface area contributed by atoms with E-state index in [2.05, 4.69) is 10.3 Å². The van der Waals surface area contributed by atoms with Gasteiger partial charge in [-0.2, -0.15) is 0 Å². The number of nitrogens with one attached hydrogen (secondary N) is 2. The molecule has 1 unspecified atom stereocenters. The fraction of sp³-hybridized carbons (Fsp3) is 0.364. The molecule has 1 aromatic heterocycles. The zero-order chi connectivity index (χ0) is 21.5. The molecule has 7 nitrogen and oxygen atoms in total. The maximum Gasteiger partial charge on any atom is 0.330 e. The number of benzene rings is 1. The Labute approximate surface area is 168 Å². The summed E-state index contributed by atoms with van der Waals surface area (Å²) in [6.07, 6.45) is 0.832. The first-order valence-electron chi connectivity index (χ1n) is 9.39. The highest BCUT2D eigenvalue weighted by Crippen LogP contribution is 2.33. The Hall–Kier alpha value is -3.22. The number of carboxylic acids is 1. The highest BCUT2D eigenvalue weighted by Gasteiger charge is 2.33. The number of H-pyrrole nitrogens is 1. The molecule has 1 atom stereocenters. The van der Waals surface area contributed by atoms with Crippen LogP contribution in [0.25, 0.3) is 0 Å². The predicted molar refractivity (Wildman–Crippen MR) is 107 cm³/mol. The molecule has 29 heavy (non-hydrogen) atoms. The third kappa shape index (κ3) is 3.99. The summed E-state index contributed by atoms with van der Waals surface area (Å²) in [5, 5.41) is 12.1. The number of carbonyl (C=O) groups excluding carboxylic acids is 2. The summed E-state index contributed by atoms with van der Waals surface area (Å²) in [5.41, 5.74) is 1.72. The summed E-state index contributed by atoms with van der Waals surface area (Å²) in [6.45, 7) is 7.50. The molecule has 1 heterocycles. The van der Waals surface area contributed by atoms with Crippen molar-refractivity contribution in [3.63, 3.8) is 0 Å². The van der Waals surface area contributed by atoms with E-state index < -0.39 is 23.5 Å². The molecule has 0 saturated carbocycles. The lowest BCUT2D eigenvalue weighted by Crippen LogP contribution is -2.38.